The number of benzene rings is 3. The molecular weight excluding hydrogens is 388 g/mol. The maximum atomic E-state index is 12.9. The molecule has 29 heavy (non-hydrogen) atoms. The zero-order valence-electron chi connectivity index (χ0n) is 15.0. The lowest BCUT2D eigenvalue weighted by Gasteiger charge is -2.29. The van der Waals surface area contributed by atoms with Crippen molar-refractivity contribution < 1.29 is 9.72 Å². The first-order valence-corrected chi connectivity index (χ1v) is 9.46. The fraction of sp³-hybridized carbons (Fsp3) is 0. The third-order valence-electron chi connectivity index (χ3n) is 4.22. The third kappa shape index (κ3) is 3.78. The molecule has 3 aromatic rings. The molecule has 7 nitrogen and oxygen atoms in total. The van der Waals surface area contributed by atoms with Gasteiger partial charge in [0.1, 0.15) is 6.21 Å². The zero-order chi connectivity index (χ0) is 20.2. The number of hydrogen-bond donors (Lipinski definition) is 0. The van der Waals surface area contributed by atoms with E-state index < -0.39 is 4.92 Å². The summed E-state index contributed by atoms with van der Waals surface area (Å²) in [7, 11) is 0. The van der Waals surface area contributed by atoms with Gasteiger partial charge in [0.2, 0.25) is 0 Å². The SMILES string of the molecule is O=C(/C=N/N=C\c1ccccc1[N+](=O)[O-])N1c2ccccc2Sc2ccccc21. The van der Waals surface area contributed by atoms with Crippen LogP contribution >= 0.6 is 11.8 Å². The van der Waals surface area contributed by atoms with Crippen LogP contribution in [0.1, 0.15) is 5.56 Å². The molecule has 3 aromatic carbocycles. The van der Waals surface area contributed by atoms with Crippen LogP contribution in [0.2, 0.25) is 0 Å². The van der Waals surface area contributed by atoms with E-state index in [9.17, 15) is 14.9 Å². The maximum absolute atomic E-state index is 12.9. The summed E-state index contributed by atoms with van der Waals surface area (Å²) in [6.07, 6.45) is 2.37. The van der Waals surface area contributed by atoms with Gasteiger partial charge in [-0.1, -0.05) is 48.2 Å². The zero-order valence-corrected chi connectivity index (χ0v) is 15.8. The number of nitrogens with zero attached hydrogens (tertiary/aromatic N) is 4. The van der Waals surface area contributed by atoms with Crippen molar-refractivity contribution in [1.29, 1.82) is 0 Å². The second kappa shape index (κ2) is 8.07. The fourth-order valence-electron chi connectivity index (χ4n) is 2.94. The third-order valence-corrected chi connectivity index (χ3v) is 5.35. The molecule has 1 aliphatic heterocycles. The van der Waals surface area contributed by atoms with E-state index in [2.05, 4.69) is 10.2 Å². The van der Waals surface area contributed by atoms with Crippen molar-refractivity contribution in [3.63, 3.8) is 0 Å². The number of amides is 1. The minimum Gasteiger partial charge on any atom is -0.274 e. The molecule has 0 atom stereocenters. The Labute approximate surface area is 170 Å². The lowest BCUT2D eigenvalue weighted by Crippen LogP contribution is -2.29. The second-order valence-corrected chi connectivity index (χ2v) is 7.10. The van der Waals surface area contributed by atoms with Crippen molar-refractivity contribution in [3.8, 4) is 0 Å². The van der Waals surface area contributed by atoms with Crippen molar-refractivity contribution in [1.82, 2.24) is 0 Å². The topological polar surface area (TPSA) is 88.2 Å². The summed E-state index contributed by atoms with van der Waals surface area (Å²) in [5.41, 5.74) is 1.78. The summed E-state index contributed by atoms with van der Waals surface area (Å²) >= 11 is 1.60. The molecule has 0 fully saturated rings. The van der Waals surface area contributed by atoms with E-state index in [4.69, 9.17) is 0 Å². The molecule has 0 saturated heterocycles. The van der Waals surface area contributed by atoms with Gasteiger partial charge in [0.05, 0.1) is 28.1 Å². The average molecular weight is 402 g/mol. The van der Waals surface area contributed by atoms with Crippen LogP contribution in [-0.2, 0) is 4.79 Å². The normalized spacial score (nSPS) is 12.8. The monoisotopic (exact) mass is 402 g/mol. The summed E-state index contributed by atoms with van der Waals surface area (Å²) in [6.45, 7) is 0. The Hall–Kier alpha value is -3.78. The highest BCUT2D eigenvalue weighted by Crippen LogP contribution is 2.47. The number of nitro groups is 1. The molecule has 0 spiro atoms. The van der Waals surface area contributed by atoms with Gasteiger partial charge in [0.15, 0.2) is 0 Å². The first-order valence-electron chi connectivity index (χ1n) is 8.65. The average Bonchev–Trinajstić information content (AvgIpc) is 2.75. The smallest absolute Gasteiger partial charge is 0.274 e. The van der Waals surface area contributed by atoms with E-state index in [1.807, 2.05) is 48.5 Å². The summed E-state index contributed by atoms with van der Waals surface area (Å²) < 4.78 is 0. The molecule has 0 unspecified atom stereocenters. The van der Waals surface area contributed by atoms with Gasteiger partial charge in [-0.25, -0.2) is 0 Å². The Kier molecular flexibility index (Phi) is 5.17. The molecular formula is C21H14N4O3S. The molecule has 4 rings (SSSR count). The van der Waals surface area contributed by atoms with Gasteiger partial charge in [-0.15, -0.1) is 0 Å². The molecule has 0 saturated carbocycles. The van der Waals surface area contributed by atoms with Gasteiger partial charge < -0.3 is 0 Å². The number of hydrogen-bond acceptors (Lipinski definition) is 6. The van der Waals surface area contributed by atoms with Crippen molar-refractivity contribution >= 4 is 47.2 Å². The van der Waals surface area contributed by atoms with E-state index >= 15 is 0 Å². The van der Waals surface area contributed by atoms with Gasteiger partial charge in [-0.2, -0.15) is 10.2 Å². The summed E-state index contributed by atoms with van der Waals surface area (Å²) in [5, 5.41) is 18.7. The molecule has 142 valence electrons. The van der Waals surface area contributed by atoms with Gasteiger partial charge >= 0.3 is 0 Å². The summed E-state index contributed by atoms with van der Waals surface area (Å²) in [6, 6.07) is 21.5. The van der Waals surface area contributed by atoms with E-state index in [1.54, 1.807) is 34.9 Å². The molecule has 0 aliphatic carbocycles. The van der Waals surface area contributed by atoms with E-state index in [-0.39, 0.29) is 11.6 Å². The highest BCUT2D eigenvalue weighted by Gasteiger charge is 2.26. The number of para-hydroxylation sites is 3. The first-order chi connectivity index (χ1) is 14.1. The Bertz CT molecular complexity index is 1110. The lowest BCUT2D eigenvalue weighted by atomic mass is 10.2. The van der Waals surface area contributed by atoms with Crippen LogP contribution < -0.4 is 4.90 Å². The van der Waals surface area contributed by atoms with Gasteiger partial charge in [-0.3, -0.25) is 19.8 Å². The number of fused-ring (bicyclic) bond motifs is 2. The fourth-order valence-corrected chi connectivity index (χ4v) is 4.00. The van der Waals surface area contributed by atoms with Crippen LogP contribution in [0.4, 0.5) is 17.1 Å². The van der Waals surface area contributed by atoms with Crippen molar-refractivity contribution in [2.24, 2.45) is 10.2 Å². The predicted molar refractivity (Wildman–Crippen MR) is 113 cm³/mol. The Morgan fingerprint density at radius 1 is 0.897 bits per heavy atom. The Morgan fingerprint density at radius 2 is 1.48 bits per heavy atom. The minimum absolute atomic E-state index is 0.0753. The van der Waals surface area contributed by atoms with Crippen LogP contribution in [-0.4, -0.2) is 23.3 Å². The van der Waals surface area contributed by atoms with Gasteiger partial charge in [0, 0.05) is 15.9 Å². The highest BCUT2D eigenvalue weighted by molar-refractivity contribution is 7.99. The molecule has 0 N–H and O–H groups in total. The summed E-state index contributed by atoms with van der Waals surface area (Å²) in [4.78, 5) is 27.0. The Balaban J connectivity index is 1.60. The molecule has 1 amide bonds. The van der Waals surface area contributed by atoms with E-state index in [1.165, 1.54) is 12.3 Å². The molecule has 0 aromatic heterocycles. The standard InChI is InChI=1S/C21H14N4O3S/c26-21(14-23-22-13-15-7-1-2-8-16(15)25(27)28)24-17-9-3-5-11-19(17)29-20-12-6-4-10-18(20)24/h1-14H/b22-13-,23-14+. The number of nitro benzene ring substituents is 1. The van der Waals surface area contributed by atoms with Crippen molar-refractivity contribution in [2.75, 3.05) is 4.90 Å². The van der Waals surface area contributed by atoms with E-state index in [0.717, 1.165) is 27.4 Å². The molecule has 8 heteroatoms. The van der Waals surface area contributed by atoms with Gasteiger partial charge in [0.25, 0.3) is 11.6 Å². The quantitative estimate of drug-likeness (QED) is 0.355. The largest absolute Gasteiger partial charge is 0.278 e. The van der Waals surface area contributed by atoms with Crippen LogP contribution in [0.15, 0.2) is 92.8 Å². The molecule has 1 aliphatic rings. The molecule has 0 radical (unpaired) electrons. The lowest BCUT2D eigenvalue weighted by molar-refractivity contribution is -0.385. The van der Waals surface area contributed by atoms with Crippen LogP contribution in [0.3, 0.4) is 0 Å². The molecule has 1 heterocycles. The minimum atomic E-state index is -0.491. The number of carbonyl (C=O) groups excluding carboxylic acids is 1. The number of rotatable bonds is 4. The van der Waals surface area contributed by atoms with Gasteiger partial charge in [-0.05, 0) is 30.3 Å². The number of carbonyl (C=O) groups is 1. The predicted octanol–water partition coefficient (Wildman–Crippen LogP) is 4.83. The van der Waals surface area contributed by atoms with E-state index in [0.29, 0.717) is 5.56 Å². The first kappa shape index (κ1) is 18.6. The van der Waals surface area contributed by atoms with Crippen LogP contribution in [0.5, 0.6) is 0 Å². The second-order valence-electron chi connectivity index (χ2n) is 6.02. The highest BCUT2D eigenvalue weighted by atomic mass is 32.2. The van der Waals surface area contributed by atoms with Crippen LogP contribution in [0, 0.1) is 10.1 Å². The number of anilines is 2. The molecule has 0 bridgehead atoms. The maximum Gasteiger partial charge on any atom is 0.278 e. The summed E-state index contributed by atoms with van der Waals surface area (Å²) in [5.74, 6) is -0.357. The van der Waals surface area contributed by atoms with Crippen molar-refractivity contribution in [2.45, 2.75) is 9.79 Å². The van der Waals surface area contributed by atoms with Crippen LogP contribution in [0.25, 0.3) is 0 Å². The van der Waals surface area contributed by atoms with Crippen molar-refractivity contribution in [3.05, 3.63) is 88.5 Å². The Morgan fingerprint density at radius 3 is 2.14 bits per heavy atom.